The number of ether oxygens (including phenoxy) is 1. The maximum absolute atomic E-state index is 6.05. The Morgan fingerprint density at radius 1 is 1.18 bits per heavy atom. The summed E-state index contributed by atoms with van der Waals surface area (Å²) in [6, 6.07) is 6.67. The van der Waals surface area contributed by atoms with E-state index < -0.39 is 0 Å². The Morgan fingerprint density at radius 3 is 2.47 bits per heavy atom. The molecule has 0 radical (unpaired) electrons. The molecule has 2 nitrogen and oxygen atoms in total. The second-order valence-electron chi connectivity index (χ2n) is 6.02. The lowest BCUT2D eigenvalue weighted by molar-refractivity contribution is 0.0259. The van der Waals surface area contributed by atoms with Gasteiger partial charge in [-0.2, -0.15) is 0 Å². The van der Waals surface area contributed by atoms with Crippen LogP contribution in [0.5, 0.6) is 0 Å². The third-order valence-electron chi connectivity index (χ3n) is 3.22. The molecule has 1 saturated heterocycles. The molecule has 1 aromatic rings. The largest absolute Gasteiger partial charge is 0.372 e. The van der Waals surface area contributed by atoms with Crippen LogP contribution in [-0.4, -0.2) is 19.7 Å². The monoisotopic (exact) mass is 233 g/mol. The Labute approximate surface area is 104 Å². The van der Waals surface area contributed by atoms with Crippen LogP contribution in [0.4, 0.5) is 0 Å². The van der Waals surface area contributed by atoms with Gasteiger partial charge in [-0.05, 0) is 19.4 Å². The first-order chi connectivity index (χ1) is 7.96. The third-order valence-corrected chi connectivity index (χ3v) is 3.22. The maximum Gasteiger partial charge on any atom is 0.0949 e. The second kappa shape index (κ2) is 4.79. The van der Waals surface area contributed by atoms with Crippen molar-refractivity contribution in [2.45, 2.75) is 33.8 Å². The first-order valence-corrected chi connectivity index (χ1v) is 6.37. The molecule has 1 fully saturated rings. The van der Waals surface area contributed by atoms with E-state index in [0.29, 0.717) is 0 Å². The van der Waals surface area contributed by atoms with E-state index in [4.69, 9.17) is 4.74 Å². The van der Waals surface area contributed by atoms with Crippen LogP contribution in [0.15, 0.2) is 18.2 Å². The summed E-state index contributed by atoms with van der Waals surface area (Å²) in [5.41, 5.74) is 4.15. The van der Waals surface area contributed by atoms with Crippen molar-refractivity contribution in [1.29, 1.82) is 0 Å². The molecule has 1 heterocycles. The quantitative estimate of drug-likeness (QED) is 0.805. The van der Waals surface area contributed by atoms with Gasteiger partial charge in [0.05, 0.1) is 12.7 Å². The summed E-state index contributed by atoms with van der Waals surface area (Å²) in [6.45, 7) is 11.5. The average Bonchev–Trinajstić information content (AvgIpc) is 2.38. The van der Waals surface area contributed by atoms with Gasteiger partial charge in [0.25, 0.3) is 0 Å². The van der Waals surface area contributed by atoms with Crippen molar-refractivity contribution in [3.8, 4) is 0 Å². The highest BCUT2D eigenvalue weighted by Gasteiger charge is 2.25. The zero-order valence-electron chi connectivity index (χ0n) is 11.3. The van der Waals surface area contributed by atoms with Crippen LogP contribution in [0, 0.1) is 19.3 Å². The molecule has 94 valence electrons. The summed E-state index contributed by atoms with van der Waals surface area (Å²) in [6.07, 6.45) is 0.190. The Bertz CT molecular complexity index is 378. The molecule has 1 N–H and O–H groups in total. The van der Waals surface area contributed by atoms with Gasteiger partial charge in [0.15, 0.2) is 0 Å². The zero-order valence-corrected chi connectivity index (χ0v) is 11.3. The summed E-state index contributed by atoms with van der Waals surface area (Å²) in [4.78, 5) is 0. The van der Waals surface area contributed by atoms with Gasteiger partial charge < -0.3 is 10.1 Å². The van der Waals surface area contributed by atoms with Crippen molar-refractivity contribution in [2.75, 3.05) is 19.7 Å². The first kappa shape index (κ1) is 12.6. The Balaban J connectivity index is 2.17. The Morgan fingerprint density at radius 2 is 1.82 bits per heavy atom. The van der Waals surface area contributed by atoms with Crippen LogP contribution in [0.3, 0.4) is 0 Å². The molecule has 0 saturated carbocycles. The van der Waals surface area contributed by atoms with E-state index in [9.17, 15) is 0 Å². The number of hydrogen-bond acceptors (Lipinski definition) is 2. The van der Waals surface area contributed by atoms with E-state index in [1.807, 2.05) is 0 Å². The lowest BCUT2D eigenvalue weighted by Crippen LogP contribution is -2.29. The van der Waals surface area contributed by atoms with Crippen LogP contribution < -0.4 is 5.32 Å². The van der Waals surface area contributed by atoms with Gasteiger partial charge in [0.1, 0.15) is 0 Å². The minimum atomic E-state index is 0.190. The van der Waals surface area contributed by atoms with Crippen molar-refractivity contribution >= 4 is 0 Å². The molecule has 0 aromatic heterocycles. The summed E-state index contributed by atoms with van der Waals surface area (Å²) in [5.74, 6) is 0. The molecule has 2 rings (SSSR count). The fourth-order valence-electron chi connectivity index (χ4n) is 2.39. The molecule has 1 unspecified atom stereocenters. The fourth-order valence-corrected chi connectivity index (χ4v) is 2.39. The number of benzene rings is 1. The van der Waals surface area contributed by atoms with Crippen LogP contribution in [0.1, 0.15) is 36.6 Å². The maximum atomic E-state index is 6.05. The van der Waals surface area contributed by atoms with E-state index in [2.05, 4.69) is 51.2 Å². The molecule has 0 amide bonds. The van der Waals surface area contributed by atoms with E-state index in [0.717, 1.165) is 19.7 Å². The van der Waals surface area contributed by atoms with Crippen molar-refractivity contribution < 1.29 is 4.74 Å². The van der Waals surface area contributed by atoms with Crippen LogP contribution in [0.2, 0.25) is 0 Å². The van der Waals surface area contributed by atoms with Gasteiger partial charge in [0.2, 0.25) is 0 Å². The Hall–Kier alpha value is -0.860. The van der Waals surface area contributed by atoms with E-state index in [1.165, 1.54) is 16.7 Å². The molecular formula is C15H23NO. The second-order valence-corrected chi connectivity index (χ2v) is 6.02. The molecule has 1 aliphatic rings. The zero-order chi connectivity index (χ0) is 12.5. The number of hydrogen-bond donors (Lipinski definition) is 1. The minimum absolute atomic E-state index is 0.190. The third kappa shape index (κ3) is 3.30. The topological polar surface area (TPSA) is 21.3 Å². The molecule has 17 heavy (non-hydrogen) atoms. The minimum Gasteiger partial charge on any atom is -0.372 e. The van der Waals surface area contributed by atoms with E-state index >= 15 is 0 Å². The molecule has 0 aliphatic carbocycles. The highest BCUT2D eigenvalue weighted by atomic mass is 16.5. The number of nitrogens with one attached hydrogen (secondary N) is 1. The molecule has 1 aromatic carbocycles. The number of aryl methyl sites for hydroxylation is 2. The highest BCUT2D eigenvalue weighted by Crippen LogP contribution is 2.26. The molecule has 1 atom stereocenters. The van der Waals surface area contributed by atoms with Crippen molar-refractivity contribution in [3.05, 3.63) is 34.9 Å². The number of rotatable bonds is 1. The smallest absolute Gasteiger partial charge is 0.0949 e. The molecule has 0 bridgehead atoms. The highest BCUT2D eigenvalue weighted by molar-refractivity contribution is 5.30. The first-order valence-electron chi connectivity index (χ1n) is 6.37. The molecule has 0 spiro atoms. The van der Waals surface area contributed by atoms with Gasteiger partial charge >= 0.3 is 0 Å². The van der Waals surface area contributed by atoms with Gasteiger partial charge in [-0.1, -0.05) is 43.2 Å². The standard InChI is InChI=1S/C15H23NO/c1-11-5-12(2)7-13(6-11)14-8-16-9-15(3,4)10-17-14/h5-7,14,16H,8-10H2,1-4H3. The van der Waals surface area contributed by atoms with E-state index in [1.54, 1.807) is 0 Å². The van der Waals surface area contributed by atoms with Gasteiger partial charge in [0, 0.05) is 18.5 Å². The Kier molecular flexibility index (Phi) is 3.55. The van der Waals surface area contributed by atoms with Crippen LogP contribution in [-0.2, 0) is 4.74 Å². The predicted octanol–water partition coefficient (Wildman–Crippen LogP) is 2.99. The van der Waals surface area contributed by atoms with Gasteiger partial charge in [-0.25, -0.2) is 0 Å². The molecule has 1 aliphatic heterocycles. The summed E-state index contributed by atoms with van der Waals surface area (Å²) in [7, 11) is 0. The predicted molar refractivity (Wildman–Crippen MR) is 71.3 cm³/mol. The lowest BCUT2D eigenvalue weighted by atomic mass is 9.95. The summed E-state index contributed by atoms with van der Waals surface area (Å²) in [5, 5.41) is 3.50. The van der Waals surface area contributed by atoms with Gasteiger partial charge in [-0.15, -0.1) is 0 Å². The van der Waals surface area contributed by atoms with Gasteiger partial charge in [-0.3, -0.25) is 0 Å². The molecule has 2 heteroatoms. The van der Waals surface area contributed by atoms with Crippen molar-refractivity contribution in [3.63, 3.8) is 0 Å². The average molecular weight is 233 g/mol. The molecular weight excluding hydrogens is 210 g/mol. The van der Waals surface area contributed by atoms with Crippen molar-refractivity contribution in [2.24, 2.45) is 5.41 Å². The SMILES string of the molecule is Cc1cc(C)cc(C2CNCC(C)(C)CO2)c1. The normalized spacial score (nSPS) is 24.4. The summed E-state index contributed by atoms with van der Waals surface area (Å²) < 4.78 is 6.05. The fraction of sp³-hybridized carbons (Fsp3) is 0.600. The van der Waals surface area contributed by atoms with Crippen LogP contribution in [0.25, 0.3) is 0 Å². The summed E-state index contributed by atoms with van der Waals surface area (Å²) >= 11 is 0. The van der Waals surface area contributed by atoms with Crippen LogP contribution >= 0.6 is 0 Å². The van der Waals surface area contributed by atoms with E-state index in [-0.39, 0.29) is 11.5 Å². The lowest BCUT2D eigenvalue weighted by Gasteiger charge is -2.22. The van der Waals surface area contributed by atoms with Crippen molar-refractivity contribution in [1.82, 2.24) is 5.32 Å².